The second kappa shape index (κ2) is 13.9. The van der Waals surface area contributed by atoms with Crippen molar-refractivity contribution in [3.8, 4) is 11.5 Å². The fourth-order valence-corrected chi connectivity index (χ4v) is 2.00. The van der Waals surface area contributed by atoms with Crippen LogP contribution >= 0.6 is 0 Å². The summed E-state index contributed by atoms with van der Waals surface area (Å²) in [6.45, 7) is 4.98. The Kier molecular flexibility index (Phi) is 12.9. The number of hydrogen-bond acceptors (Lipinski definition) is 9. The van der Waals surface area contributed by atoms with Gasteiger partial charge in [0, 0.05) is 23.6 Å². The van der Waals surface area contributed by atoms with Crippen LogP contribution in [0, 0.1) is 24.1 Å². The molecular weight excluding hydrogens is 444 g/mol. The molecule has 0 fully saturated rings. The van der Waals surface area contributed by atoms with Gasteiger partial charge in [-0.15, -0.1) is 10.2 Å². The van der Waals surface area contributed by atoms with Crippen molar-refractivity contribution in [1.82, 2.24) is 0 Å². The molecule has 158 valence electrons. The molecule has 0 bridgehead atoms. The van der Waals surface area contributed by atoms with Gasteiger partial charge in [0.05, 0.1) is 13.1 Å². The van der Waals surface area contributed by atoms with Gasteiger partial charge in [-0.05, 0) is 38.1 Å². The van der Waals surface area contributed by atoms with E-state index in [4.69, 9.17) is 22.4 Å². The van der Waals surface area contributed by atoms with Gasteiger partial charge in [-0.1, -0.05) is 23.3 Å². The molecule has 2 aromatic rings. The summed E-state index contributed by atoms with van der Waals surface area (Å²) in [5.74, 6) is 0.449. The van der Waals surface area contributed by atoms with E-state index < -0.39 is 10.2 Å². The average molecular weight is 464 g/mol. The fourth-order valence-electron chi connectivity index (χ4n) is 2.00. The van der Waals surface area contributed by atoms with Crippen molar-refractivity contribution in [2.45, 2.75) is 13.8 Å². The summed E-state index contributed by atoms with van der Waals surface area (Å²) in [6, 6.07) is 10.8. The molecule has 2 aromatic carbocycles. The normalized spacial score (nSPS) is 11.0. The van der Waals surface area contributed by atoms with Gasteiger partial charge in [0.2, 0.25) is 0 Å². The summed E-state index contributed by atoms with van der Waals surface area (Å²) in [5, 5.41) is 19.4. The minimum atomic E-state index is -4.94. The van der Waals surface area contributed by atoms with Gasteiger partial charge in [0.15, 0.2) is 0 Å². The Hall–Kier alpha value is -2.16. The summed E-state index contributed by atoms with van der Waals surface area (Å²) in [6.07, 6.45) is 3.31. The second-order valence-corrected chi connectivity index (χ2v) is 6.33. The SMILES string of the molecule is Cc1ccc(O)c(C=NCCN=Cc2cc(C)ccc2O)c1.[O-][Cl+3]([O-])([O-])[O-].[O]=[Cr]. The number of aliphatic imine (C=N–C) groups is 2. The van der Waals surface area contributed by atoms with Crippen molar-refractivity contribution in [3.63, 3.8) is 0 Å². The topological polar surface area (TPSA) is 174 Å². The Labute approximate surface area is 178 Å². The predicted molar refractivity (Wildman–Crippen MR) is 91.3 cm³/mol. The summed E-state index contributed by atoms with van der Waals surface area (Å²) in [7, 11) is -4.94. The van der Waals surface area contributed by atoms with Crippen LogP contribution in [0.25, 0.3) is 0 Å². The second-order valence-electron chi connectivity index (χ2n) is 5.57. The van der Waals surface area contributed by atoms with E-state index in [0.717, 1.165) is 11.1 Å². The number of rotatable bonds is 5. The molecule has 0 aliphatic carbocycles. The third kappa shape index (κ3) is 13.6. The third-order valence-corrected chi connectivity index (χ3v) is 3.19. The van der Waals surface area contributed by atoms with Gasteiger partial charge < -0.3 is 10.2 Å². The van der Waals surface area contributed by atoms with Crippen molar-refractivity contribution in [3.05, 3.63) is 58.7 Å². The van der Waals surface area contributed by atoms with E-state index in [2.05, 4.69) is 9.98 Å². The molecule has 2 N–H and O–H groups in total. The number of aromatic hydroxyl groups is 2. The van der Waals surface area contributed by atoms with Crippen molar-refractivity contribution in [2.24, 2.45) is 9.98 Å². The van der Waals surface area contributed by atoms with Gasteiger partial charge in [-0.25, -0.2) is 18.6 Å². The number of hydrogen-bond donors (Lipinski definition) is 2. The van der Waals surface area contributed by atoms with E-state index in [0.29, 0.717) is 24.2 Å². The molecule has 0 saturated heterocycles. The van der Waals surface area contributed by atoms with Gasteiger partial charge in [-0.3, -0.25) is 9.98 Å². The molecule has 29 heavy (non-hydrogen) atoms. The van der Waals surface area contributed by atoms with Crippen molar-refractivity contribution in [2.75, 3.05) is 13.1 Å². The van der Waals surface area contributed by atoms with E-state index in [1.807, 2.05) is 38.1 Å². The molecule has 0 aromatic heterocycles. The predicted octanol–water partition coefficient (Wildman–Crippen LogP) is -1.62. The zero-order valence-corrected chi connectivity index (χ0v) is 17.7. The molecule has 0 saturated carbocycles. The maximum atomic E-state index is 9.69. The Morgan fingerprint density at radius 2 is 1.14 bits per heavy atom. The van der Waals surface area contributed by atoms with Crippen LogP contribution in [0.4, 0.5) is 0 Å². The molecule has 0 atom stereocenters. The van der Waals surface area contributed by atoms with E-state index in [1.165, 1.54) is 16.2 Å². The molecule has 0 spiro atoms. The van der Waals surface area contributed by atoms with E-state index in [1.54, 1.807) is 24.6 Å². The zero-order chi connectivity index (χ0) is 22.4. The molecule has 0 amide bonds. The maximum absolute atomic E-state index is 9.69. The first kappa shape index (κ1) is 26.8. The molecule has 0 aliphatic rings. The monoisotopic (exact) mass is 463 g/mol. The minimum absolute atomic E-state index is 0.225. The van der Waals surface area contributed by atoms with E-state index in [9.17, 15) is 10.2 Å². The van der Waals surface area contributed by atoms with Crippen LogP contribution in [0.2, 0.25) is 0 Å². The van der Waals surface area contributed by atoms with Gasteiger partial charge in [0.1, 0.15) is 11.5 Å². The molecule has 0 unspecified atom stereocenters. The van der Waals surface area contributed by atoms with Crippen LogP contribution < -0.4 is 18.6 Å². The van der Waals surface area contributed by atoms with Gasteiger partial charge in [0.25, 0.3) is 0 Å². The van der Waals surface area contributed by atoms with Crippen molar-refractivity contribution < 1.29 is 59.1 Å². The standard InChI is InChI=1S/C18H20N2O2.ClHO4.Cr.O/c1-13-3-5-17(21)15(9-13)11-19-7-8-20-12-16-10-14(2)4-6-18(16)22;2-1(3,4)5;;/h3-6,9-12,21-22H,7-8H2,1-2H3;(H,2,3,4,5);;/p-1. The van der Waals surface area contributed by atoms with Gasteiger partial charge in [-0.2, -0.15) is 0 Å². The summed E-state index contributed by atoms with van der Waals surface area (Å²) in [5.41, 5.74) is 3.57. The number of phenols is 2. The number of halogens is 1. The van der Waals surface area contributed by atoms with Crippen LogP contribution in [0.15, 0.2) is 46.4 Å². The molecule has 0 aliphatic heterocycles. The Morgan fingerprint density at radius 1 is 0.828 bits per heavy atom. The summed E-state index contributed by atoms with van der Waals surface area (Å²) in [4.78, 5) is 8.51. The summed E-state index contributed by atoms with van der Waals surface area (Å²) >= 11 is 1.38. The first-order valence-corrected chi connectivity index (χ1v) is 9.69. The number of aryl methyl sites for hydroxylation is 2. The number of nitrogens with zero attached hydrogens (tertiary/aromatic N) is 2. The average Bonchev–Trinajstić information content (AvgIpc) is 2.64. The van der Waals surface area contributed by atoms with Crippen LogP contribution in [0.5, 0.6) is 11.5 Å². The molecule has 11 heteroatoms. The van der Waals surface area contributed by atoms with Crippen LogP contribution in [-0.4, -0.2) is 35.7 Å². The first-order chi connectivity index (χ1) is 13.6. The van der Waals surface area contributed by atoms with Crippen LogP contribution in [0.1, 0.15) is 22.3 Å². The van der Waals surface area contributed by atoms with E-state index >= 15 is 0 Å². The van der Waals surface area contributed by atoms with E-state index in [-0.39, 0.29) is 11.5 Å². The van der Waals surface area contributed by atoms with Crippen LogP contribution in [0.3, 0.4) is 0 Å². The molecular formula is C18H20ClCrN2O7-. The third-order valence-electron chi connectivity index (χ3n) is 3.19. The Balaban J connectivity index is 0.000000977. The van der Waals surface area contributed by atoms with Crippen molar-refractivity contribution >= 4 is 12.4 Å². The quantitative estimate of drug-likeness (QED) is 0.395. The number of benzene rings is 2. The van der Waals surface area contributed by atoms with Crippen molar-refractivity contribution in [1.29, 1.82) is 0 Å². The van der Waals surface area contributed by atoms with Gasteiger partial charge >= 0.3 is 20.0 Å². The Morgan fingerprint density at radius 3 is 1.45 bits per heavy atom. The molecule has 2 rings (SSSR count). The Bertz CT molecular complexity index is 759. The molecule has 0 radical (unpaired) electrons. The summed E-state index contributed by atoms with van der Waals surface area (Å²) < 4.78 is 42.1. The zero-order valence-electron chi connectivity index (χ0n) is 15.6. The van der Waals surface area contributed by atoms with Crippen LogP contribution in [-0.2, 0) is 20.0 Å². The fraction of sp³-hybridized carbons (Fsp3) is 0.222. The molecule has 9 nitrogen and oxygen atoms in total. The molecule has 0 heterocycles. The number of phenolic OH excluding ortho intramolecular Hbond substituents is 2. The first-order valence-electron chi connectivity index (χ1n) is 7.93.